The lowest BCUT2D eigenvalue weighted by Crippen LogP contribution is -2.26. The molecule has 0 bridgehead atoms. The number of halogens is 6. The second kappa shape index (κ2) is 17.6. The normalized spacial score (nSPS) is 13.4. The summed E-state index contributed by atoms with van der Waals surface area (Å²) in [4.78, 5) is 45.5. The number of hydroxylamine groups is 2. The van der Waals surface area contributed by atoms with E-state index in [1.165, 1.54) is 36.4 Å². The van der Waals surface area contributed by atoms with E-state index in [1.54, 1.807) is 0 Å². The average molecular weight is 947 g/mol. The van der Waals surface area contributed by atoms with E-state index in [0.717, 1.165) is 40.5 Å². The molecule has 4 aromatic carbocycles. The number of hydrogen-bond donors (Lipinski definition) is 4. The van der Waals surface area contributed by atoms with E-state index in [2.05, 4.69) is 44.2 Å². The molecule has 2 aliphatic rings. The number of nitro groups is 1. The highest BCUT2D eigenvalue weighted by Crippen LogP contribution is 2.32. The Bertz CT molecular complexity index is 2000. The molecule has 52 heavy (non-hydrogen) atoms. The van der Waals surface area contributed by atoms with Gasteiger partial charge in [-0.25, -0.2) is 28.5 Å². The molecular weight excluding hydrogens is 916 g/mol. The molecule has 2 aliphatic carbocycles. The zero-order chi connectivity index (χ0) is 37.5. The van der Waals surface area contributed by atoms with Crippen LogP contribution in [0.4, 0.5) is 46.0 Å². The fourth-order valence-electron chi connectivity index (χ4n) is 4.61. The predicted octanol–water partition coefficient (Wildman–Crippen LogP) is 8.99. The minimum atomic E-state index is -1.77. The third kappa shape index (κ3) is 10.7. The molecule has 2 saturated carbocycles. The maximum absolute atomic E-state index is 14.2. The van der Waals surface area contributed by atoms with Crippen molar-refractivity contribution in [2.75, 3.05) is 23.8 Å². The van der Waals surface area contributed by atoms with Crippen LogP contribution in [0, 0.1) is 59.3 Å². The van der Waals surface area contributed by atoms with Crippen LogP contribution in [0.3, 0.4) is 0 Å². The van der Waals surface area contributed by atoms with Gasteiger partial charge in [-0.15, -0.1) is 0 Å². The SMILES string of the molecule is Cc1cc(I)ccc1Nc1cc([N+](=O)[O-])ccc1C(=O)NOCC1CC1.O=C(NOCC1CC1)c1cc(F)c(F)c(F)c1Nc1ccc(I)cc1F. The number of benzene rings is 4. The van der Waals surface area contributed by atoms with Crippen molar-refractivity contribution < 1.29 is 41.7 Å². The fourth-order valence-corrected chi connectivity index (χ4v) is 5.71. The Morgan fingerprint density at radius 2 is 1.31 bits per heavy atom. The monoisotopic (exact) mass is 947 g/mol. The van der Waals surface area contributed by atoms with Crippen molar-refractivity contribution in [3.8, 4) is 0 Å². The summed E-state index contributed by atoms with van der Waals surface area (Å²) in [7, 11) is 0. The fraction of sp³-hybridized carbons (Fsp3) is 0.257. The highest BCUT2D eigenvalue weighted by Gasteiger charge is 2.26. The maximum Gasteiger partial charge on any atom is 0.277 e. The van der Waals surface area contributed by atoms with Gasteiger partial charge in [-0.05, 0) is 144 Å². The molecule has 274 valence electrons. The Morgan fingerprint density at radius 3 is 1.87 bits per heavy atom. The summed E-state index contributed by atoms with van der Waals surface area (Å²) in [6.07, 6.45) is 4.20. The van der Waals surface area contributed by atoms with E-state index in [9.17, 15) is 37.3 Å². The Hall–Kier alpha value is -4.08. The first kappa shape index (κ1) is 39.1. The number of aryl methyl sites for hydroxylation is 1. The first-order valence-electron chi connectivity index (χ1n) is 15.9. The predicted molar refractivity (Wildman–Crippen MR) is 201 cm³/mol. The number of nitrogens with one attached hydrogen (secondary N) is 4. The standard InChI is InChI=1S/C18H18IN3O4.C17H13F4IN2O2/c1-11-8-13(19)4-7-16(11)20-17-9-14(22(24)25)5-6-15(17)18(23)21-26-10-12-2-3-12;18-11-5-9(22)3-4-13(11)23-16-10(6-12(19)14(20)15(16)21)17(25)24-26-7-8-1-2-8/h4-9,12,20H,2-3,10H2,1H3,(H,21,23);3-6,8,23H,1-2,7H2,(H,24,25). The summed E-state index contributed by atoms with van der Waals surface area (Å²) in [5.41, 5.74) is 5.36. The van der Waals surface area contributed by atoms with E-state index >= 15 is 0 Å². The van der Waals surface area contributed by atoms with Crippen LogP contribution in [0.25, 0.3) is 0 Å². The second-order valence-corrected chi connectivity index (χ2v) is 14.6. The summed E-state index contributed by atoms with van der Waals surface area (Å²) in [6, 6.07) is 14.4. The van der Waals surface area contributed by atoms with Crippen molar-refractivity contribution in [1.82, 2.24) is 11.0 Å². The number of anilines is 4. The summed E-state index contributed by atoms with van der Waals surface area (Å²) in [5.74, 6) is -6.23. The quantitative estimate of drug-likeness (QED) is 0.0342. The molecule has 2 amide bonds. The molecule has 0 aromatic heterocycles. The lowest BCUT2D eigenvalue weighted by atomic mass is 10.1. The first-order chi connectivity index (χ1) is 24.8. The van der Waals surface area contributed by atoms with Gasteiger partial charge in [0.05, 0.1) is 46.3 Å². The molecule has 0 saturated heterocycles. The number of nitro benzene ring substituents is 1. The van der Waals surface area contributed by atoms with E-state index in [0.29, 0.717) is 33.8 Å². The van der Waals surface area contributed by atoms with Crippen molar-refractivity contribution in [2.24, 2.45) is 11.8 Å². The molecule has 6 rings (SSSR count). The van der Waals surface area contributed by atoms with E-state index in [-0.39, 0.29) is 23.5 Å². The van der Waals surface area contributed by atoms with E-state index in [4.69, 9.17) is 9.68 Å². The molecule has 0 radical (unpaired) electrons. The van der Waals surface area contributed by atoms with Gasteiger partial charge in [0, 0.05) is 25.0 Å². The Labute approximate surface area is 322 Å². The van der Waals surface area contributed by atoms with Gasteiger partial charge in [0.1, 0.15) is 5.82 Å². The summed E-state index contributed by atoms with van der Waals surface area (Å²) in [5, 5.41) is 16.6. The highest BCUT2D eigenvalue weighted by atomic mass is 127. The van der Waals surface area contributed by atoms with Crippen LogP contribution >= 0.6 is 45.2 Å². The van der Waals surface area contributed by atoms with Gasteiger partial charge >= 0.3 is 0 Å². The second-order valence-electron chi connectivity index (χ2n) is 12.1. The molecule has 0 unspecified atom stereocenters. The zero-order valence-corrected chi connectivity index (χ0v) is 31.7. The Balaban J connectivity index is 0.000000201. The van der Waals surface area contributed by atoms with Gasteiger partial charge in [-0.1, -0.05) is 0 Å². The van der Waals surface area contributed by atoms with Crippen molar-refractivity contribution in [2.45, 2.75) is 32.6 Å². The molecule has 4 aromatic rings. The van der Waals surface area contributed by atoms with Gasteiger partial charge in [0.2, 0.25) is 0 Å². The molecule has 2 fully saturated rings. The van der Waals surface area contributed by atoms with Crippen LogP contribution < -0.4 is 21.6 Å². The van der Waals surface area contributed by atoms with Gasteiger partial charge < -0.3 is 10.6 Å². The lowest BCUT2D eigenvalue weighted by Gasteiger charge is -2.15. The smallest absolute Gasteiger partial charge is 0.277 e. The zero-order valence-electron chi connectivity index (χ0n) is 27.3. The largest absolute Gasteiger partial charge is 0.354 e. The van der Waals surface area contributed by atoms with E-state index in [1.807, 2.05) is 47.7 Å². The third-order valence-electron chi connectivity index (χ3n) is 7.88. The van der Waals surface area contributed by atoms with Crippen LogP contribution in [0.15, 0.2) is 60.7 Å². The van der Waals surface area contributed by atoms with Crippen molar-refractivity contribution in [1.29, 1.82) is 0 Å². The molecular formula is C35H31F4I2N5O6. The number of amides is 2. The molecule has 11 nitrogen and oxygen atoms in total. The number of carbonyl (C=O) groups excluding carboxylic acids is 2. The maximum atomic E-state index is 14.2. The number of carbonyl (C=O) groups is 2. The Morgan fingerprint density at radius 1 is 0.731 bits per heavy atom. The molecule has 0 atom stereocenters. The topological polar surface area (TPSA) is 144 Å². The minimum absolute atomic E-state index is 0.0916. The van der Waals surface area contributed by atoms with Gasteiger partial charge in [-0.2, -0.15) is 0 Å². The van der Waals surface area contributed by atoms with E-state index < -0.39 is 51.3 Å². The van der Waals surface area contributed by atoms with Gasteiger partial charge in [-0.3, -0.25) is 29.4 Å². The van der Waals surface area contributed by atoms with Crippen LogP contribution in [-0.2, 0) is 9.68 Å². The lowest BCUT2D eigenvalue weighted by molar-refractivity contribution is -0.384. The number of hydrogen-bond acceptors (Lipinski definition) is 8. The molecule has 4 N–H and O–H groups in total. The van der Waals surface area contributed by atoms with Crippen molar-refractivity contribution in [3.05, 3.63) is 118 Å². The summed E-state index contributed by atoms with van der Waals surface area (Å²) < 4.78 is 57.1. The molecule has 0 heterocycles. The highest BCUT2D eigenvalue weighted by molar-refractivity contribution is 14.1. The van der Waals surface area contributed by atoms with Crippen LogP contribution in [0.5, 0.6) is 0 Å². The molecule has 17 heteroatoms. The first-order valence-corrected chi connectivity index (χ1v) is 18.0. The third-order valence-corrected chi connectivity index (χ3v) is 9.22. The Kier molecular flexibility index (Phi) is 13.3. The van der Waals surface area contributed by atoms with Crippen LogP contribution in [-0.4, -0.2) is 30.0 Å². The number of nitrogens with zero attached hydrogens (tertiary/aromatic N) is 1. The van der Waals surface area contributed by atoms with Crippen molar-refractivity contribution >= 4 is 85.4 Å². The average Bonchev–Trinajstić information content (AvgIpc) is 4.04. The minimum Gasteiger partial charge on any atom is -0.354 e. The van der Waals surface area contributed by atoms with Crippen molar-refractivity contribution in [3.63, 3.8) is 0 Å². The molecule has 0 spiro atoms. The van der Waals surface area contributed by atoms with Crippen LogP contribution in [0.2, 0.25) is 0 Å². The number of non-ortho nitro benzene ring substituents is 1. The van der Waals surface area contributed by atoms with Gasteiger partial charge in [0.25, 0.3) is 17.5 Å². The van der Waals surface area contributed by atoms with Crippen LogP contribution in [0.1, 0.15) is 52.0 Å². The van der Waals surface area contributed by atoms with Gasteiger partial charge in [0.15, 0.2) is 17.5 Å². The summed E-state index contributed by atoms with van der Waals surface area (Å²) in [6.45, 7) is 2.68. The summed E-state index contributed by atoms with van der Waals surface area (Å²) >= 11 is 4.09. The molecule has 0 aliphatic heterocycles. The number of rotatable bonds is 13.